The fraction of sp³-hybridized carbons (Fsp3) is 0.467. The number of hydrogen-bond acceptors (Lipinski definition) is 3. The van der Waals surface area contributed by atoms with Gasteiger partial charge in [-0.15, -0.1) is 0 Å². The lowest BCUT2D eigenvalue weighted by Crippen LogP contribution is -2.29. The van der Waals surface area contributed by atoms with E-state index in [1.54, 1.807) is 12.1 Å². The summed E-state index contributed by atoms with van der Waals surface area (Å²) in [4.78, 5) is 0.581. The summed E-state index contributed by atoms with van der Waals surface area (Å²) in [7, 11) is 0. The van der Waals surface area contributed by atoms with Crippen molar-refractivity contribution >= 4 is 11.8 Å². The van der Waals surface area contributed by atoms with Gasteiger partial charge in [0.1, 0.15) is 0 Å². The molecule has 0 aliphatic heterocycles. The van der Waals surface area contributed by atoms with Crippen molar-refractivity contribution in [2.24, 2.45) is 5.92 Å². The topological polar surface area (TPSA) is 32.3 Å². The molecule has 3 atom stereocenters. The van der Waals surface area contributed by atoms with Gasteiger partial charge in [0, 0.05) is 29.5 Å². The van der Waals surface area contributed by atoms with Gasteiger partial charge < -0.3 is 10.4 Å². The molecule has 1 aromatic rings. The Morgan fingerprint density at radius 1 is 1.30 bits per heavy atom. The molecule has 1 aliphatic rings. The van der Waals surface area contributed by atoms with E-state index in [1.807, 2.05) is 18.2 Å². The highest BCUT2D eigenvalue weighted by molar-refractivity contribution is 7.99. The molecule has 0 aromatic heterocycles. The monoisotopic (exact) mass is 299 g/mol. The van der Waals surface area contributed by atoms with Gasteiger partial charge in [-0.2, -0.15) is 8.78 Å². The maximum absolute atomic E-state index is 12.2. The molecule has 0 heterocycles. The summed E-state index contributed by atoms with van der Waals surface area (Å²) in [6.45, 7) is 2.23. The molecule has 5 heteroatoms. The van der Waals surface area contributed by atoms with E-state index < -0.39 is 5.76 Å². The van der Waals surface area contributed by atoms with Crippen molar-refractivity contribution in [1.29, 1.82) is 0 Å². The molecule has 0 spiro atoms. The molecule has 0 saturated heterocycles. The molecule has 20 heavy (non-hydrogen) atoms. The Kier molecular flexibility index (Phi) is 5.57. The van der Waals surface area contributed by atoms with Gasteiger partial charge in [0.15, 0.2) is 0 Å². The van der Waals surface area contributed by atoms with Crippen LogP contribution in [0.1, 0.15) is 24.9 Å². The minimum atomic E-state index is -2.38. The molecular formula is C15H19F2NOS. The Morgan fingerprint density at radius 2 is 2.00 bits per heavy atom. The summed E-state index contributed by atoms with van der Waals surface area (Å²) in [5, 5.41) is 12.6. The second-order valence-corrected chi connectivity index (χ2v) is 6.07. The molecular weight excluding hydrogens is 280 g/mol. The van der Waals surface area contributed by atoms with Crippen LogP contribution in [0.15, 0.2) is 41.3 Å². The molecule has 0 radical (unpaired) electrons. The lowest BCUT2D eigenvalue weighted by Gasteiger charge is -2.20. The van der Waals surface area contributed by atoms with Gasteiger partial charge in [0.05, 0.1) is 0 Å². The number of alkyl halides is 2. The normalized spacial score (nSPS) is 23.4. The third kappa shape index (κ3) is 4.30. The zero-order valence-electron chi connectivity index (χ0n) is 11.3. The Morgan fingerprint density at radius 3 is 2.55 bits per heavy atom. The molecule has 110 valence electrons. The lowest BCUT2D eigenvalue weighted by molar-refractivity contribution is 0.245. The van der Waals surface area contributed by atoms with E-state index in [2.05, 4.69) is 18.3 Å². The summed E-state index contributed by atoms with van der Waals surface area (Å²) in [6, 6.07) is 7.62. The molecule has 1 aromatic carbocycles. The van der Waals surface area contributed by atoms with E-state index in [1.165, 1.54) is 0 Å². The highest BCUT2D eigenvalue weighted by atomic mass is 32.2. The van der Waals surface area contributed by atoms with Crippen LogP contribution in [0.4, 0.5) is 8.78 Å². The minimum absolute atomic E-state index is 0.146. The third-order valence-corrected chi connectivity index (χ3v) is 4.20. The average Bonchev–Trinajstić information content (AvgIpc) is 2.86. The van der Waals surface area contributed by atoms with E-state index in [9.17, 15) is 8.78 Å². The Balaban J connectivity index is 1.89. The van der Waals surface area contributed by atoms with Gasteiger partial charge >= 0.3 is 0 Å². The van der Waals surface area contributed by atoms with Crippen LogP contribution in [0.25, 0.3) is 0 Å². The van der Waals surface area contributed by atoms with Crippen LogP contribution in [-0.4, -0.2) is 23.5 Å². The third-order valence-electron chi connectivity index (χ3n) is 3.48. The first-order valence-corrected chi connectivity index (χ1v) is 7.56. The first kappa shape index (κ1) is 15.5. The predicted octanol–water partition coefficient (Wildman–Crippen LogP) is 3.59. The van der Waals surface area contributed by atoms with Crippen molar-refractivity contribution in [3.05, 3.63) is 42.0 Å². The smallest absolute Gasteiger partial charge is 0.288 e. The van der Waals surface area contributed by atoms with Crippen molar-refractivity contribution in [3.63, 3.8) is 0 Å². The van der Waals surface area contributed by atoms with E-state index in [-0.39, 0.29) is 24.6 Å². The van der Waals surface area contributed by atoms with Crippen LogP contribution in [-0.2, 0) is 0 Å². The summed E-state index contributed by atoms with van der Waals surface area (Å²) in [6.07, 6.45) is 5.02. The minimum Gasteiger partial charge on any atom is -0.396 e. The molecule has 0 bridgehead atoms. The van der Waals surface area contributed by atoms with Gasteiger partial charge in [-0.05, 0) is 31.0 Å². The second-order valence-electron chi connectivity index (χ2n) is 5.01. The average molecular weight is 299 g/mol. The number of rotatable bonds is 6. The van der Waals surface area contributed by atoms with Crippen molar-refractivity contribution in [3.8, 4) is 0 Å². The summed E-state index contributed by atoms with van der Waals surface area (Å²) in [5.74, 6) is -2.14. The fourth-order valence-corrected chi connectivity index (χ4v) is 2.89. The van der Waals surface area contributed by atoms with Crippen LogP contribution in [0.5, 0.6) is 0 Å². The largest absolute Gasteiger partial charge is 0.396 e. The molecule has 0 unspecified atom stereocenters. The molecule has 0 amide bonds. The molecule has 1 aliphatic carbocycles. The molecule has 0 fully saturated rings. The number of benzene rings is 1. The van der Waals surface area contributed by atoms with E-state index in [0.29, 0.717) is 16.7 Å². The number of nitrogens with one attached hydrogen (secondary N) is 1. The van der Waals surface area contributed by atoms with Crippen molar-refractivity contribution in [1.82, 2.24) is 5.32 Å². The van der Waals surface area contributed by atoms with Crippen LogP contribution in [0.2, 0.25) is 0 Å². The first-order chi connectivity index (χ1) is 9.58. The van der Waals surface area contributed by atoms with Crippen LogP contribution in [0.3, 0.4) is 0 Å². The van der Waals surface area contributed by atoms with Crippen molar-refractivity contribution in [2.75, 3.05) is 6.61 Å². The number of halogens is 2. The number of hydrogen-bond donors (Lipinski definition) is 2. The van der Waals surface area contributed by atoms with Crippen LogP contribution >= 0.6 is 11.8 Å². The molecule has 2 rings (SSSR count). The number of thioether (sulfide) groups is 1. The maximum atomic E-state index is 12.2. The van der Waals surface area contributed by atoms with Crippen molar-refractivity contribution < 1.29 is 13.9 Å². The van der Waals surface area contributed by atoms with Crippen LogP contribution in [0, 0.1) is 5.92 Å². The van der Waals surface area contributed by atoms with Gasteiger partial charge in [-0.25, -0.2) is 0 Å². The highest BCUT2D eigenvalue weighted by Crippen LogP contribution is 2.27. The summed E-state index contributed by atoms with van der Waals surface area (Å²) >= 11 is 0.562. The summed E-state index contributed by atoms with van der Waals surface area (Å²) in [5.41, 5.74) is 1.07. The first-order valence-electron chi connectivity index (χ1n) is 6.68. The quantitative estimate of drug-likeness (QED) is 0.622. The number of aliphatic hydroxyl groups excluding tert-OH is 1. The van der Waals surface area contributed by atoms with Gasteiger partial charge in [0.2, 0.25) is 0 Å². The predicted molar refractivity (Wildman–Crippen MR) is 78.0 cm³/mol. The maximum Gasteiger partial charge on any atom is 0.288 e. The Bertz CT molecular complexity index is 450. The lowest BCUT2D eigenvalue weighted by atomic mass is 10.1. The fourth-order valence-electron chi connectivity index (χ4n) is 2.39. The Hall–Kier alpha value is -0.910. The molecule has 2 nitrogen and oxygen atoms in total. The van der Waals surface area contributed by atoms with Gasteiger partial charge in [-0.1, -0.05) is 36.0 Å². The number of aliphatic hydroxyl groups is 1. The Labute approximate surface area is 122 Å². The second kappa shape index (κ2) is 7.20. The van der Waals surface area contributed by atoms with Crippen molar-refractivity contribution in [2.45, 2.75) is 36.1 Å². The zero-order valence-corrected chi connectivity index (χ0v) is 12.1. The van der Waals surface area contributed by atoms with Gasteiger partial charge in [-0.3, -0.25) is 0 Å². The highest BCUT2D eigenvalue weighted by Gasteiger charge is 2.19. The van der Waals surface area contributed by atoms with Gasteiger partial charge in [0.25, 0.3) is 5.76 Å². The summed E-state index contributed by atoms with van der Waals surface area (Å²) < 4.78 is 24.5. The van der Waals surface area contributed by atoms with E-state index >= 15 is 0 Å². The molecule has 0 saturated carbocycles. The molecule has 2 N–H and O–H groups in total. The zero-order chi connectivity index (χ0) is 14.5. The van der Waals surface area contributed by atoms with Crippen LogP contribution < -0.4 is 5.32 Å². The SMILES string of the molecule is C[C@@H](N[C@@H]1C=C[C@H](CO)C1)c1ccc(SC(F)F)cc1. The van der Waals surface area contributed by atoms with E-state index in [0.717, 1.165) is 12.0 Å². The standard InChI is InChI=1S/C15H19F2NOS/c1-10(18-13-5-2-11(8-13)9-19)12-3-6-14(7-4-12)20-15(16)17/h2-7,10-11,13,15,18-19H,8-9H2,1H3/t10-,11+,13-/m1/s1. The van der Waals surface area contributed by atoms with E-state index in [4.69, 9.17) is 5.11 Å².